The zero-order chi connectivity index (χ0) is 14.6. The van der Waals surface area contributed by atoms with Gasteiger partial charge in [0.15, 0.2) is 0 Å². The van der Waals surface area contributed by atoms with Crippen molar-refractivity contribution < 1.29 is 14.3 Å². The van der Waals surface area contributed by atoms with Crippen LogP contribution >= 0.6 is 0 Å². The number of ether oxygens (including phenoxy) is 2. The molecule has 3 nitrogen and oxygen atoms in total. The van der Waals surface area contributed by atoms with Crippen LogP contribution in [0.4, 0.5) is 0 Å². The molecule has 1 saturated carbocycles. The molecule has 1 aliphatic rings. The molecular formula is C17H24O3. The Hall–Kier alpha value is -1.35. The van der Waals surface area contributed by atoms with Crippen molar-refractivity contribution in [1.82, 2.24) is 0 Å². The van der Waals surface area contributed by atoms with Gasteiger partial charge in [-0.2, -0.15) is 0 Å². The molecular weight excluding hydrogens is 252 g/mol. The summed E-state index contributed by atoms with van der Waals surface area (Å²) in [6.07, 6.45) is 4.36. The summed E-state index contributed by atoms with van der Waals surface area (Å²) in [5, 5.41) is 0. The van der Waals surface area contributed by atoms with E-state index in [-0.39, 0.29) is 11.6 Å². The Labute approximate surface area is 121 Å². The number of rotatable bonds is 4. The van der Waals surface area contributed by atoms with Gasteiger partial charge in [-0.25, -0.2) is 0 Å². The minimum absolute atomic E-state index is 0.127. The van der Waals surface area contributed by atoms with E-state index < -0.39 is 0 Å². The SMILES string of the molecule is COC1CCC(C)(OC(=O)Cc2ccccc2C)CC1. The summed E-state index contributed by atoms with van der Waals surface area (Å²) in [7, 11) is 1.75. The number of aryl methyl sites for hydroxylation is 1. The fourth-order valence-corrected chi connectivity index (χ4v) is 2.81. The quantitative estimate of drug-likeness (QED) is 0.790. The lowest BCUT2D eigenvalue weighted by atomic mass is 9.84. The number of hydrogen-bond donors (Lipinski definition) is 0. The highest BCUT2D eigenvalue weighted by Gasteiger charge is 2.34. The first-order valence-corrected chi connectivity index (χ1v) is 7.31. The minimum Gasteiger partial charge on any atom is -0.459 e. The second-order valence-electron chi connectivity index (χ2n) is 5.96. The zero-order valence-corrected chi connectivity index (χ0v) is 12.6. The normalized spacial score (nSPS) is 26.2. The van der Waals surface area contributed by atoms with Crippen molar-refractivity contribution in [1.29, 1.82) is 0 Å². The van der Waals surface area contributed by atoms with Crippen molar-refractivity contribution in [2.45, 2.75) is 57.7 Å². The third kappa shape index (κ3) is 3.83. The molecule has 2 rings (SSSR count). The van der Waals surface area contributed by atoms with E-state index in [0.717, 1.165) is 36.8 Å². The molecule has 1 aliphatic carbocycles. The second-order valence-corrected chi connectivity index (χ2v) is 5.96. The van der Waals surface area contributed by atoms with Crippen molar-refractivity contribution in [2.75, 3.05) is 7.11 Å². The number of esters is 1. The topological polar surface area (TPSA) is 35.5 Å². The molecule has 0 spiro atoms. The Morgan fingerprint density at radius 2 is 1.95 bits per heavy atom. The fourth-order valence-electron chi connectivity index (χ4n) is 2.81. The van der Waals surface area contributed by atoms with Gasteiger partial charge in [-0.3, -0.25) is 4.79 Å². The van der Waals surface area contributed by atoms with E-state index in [1.165, 1.54) is 0 Å². The van der Waals surface area contributed by atoms with E-state index in [1.807, 2.05) is 38.1 Å². The van der Waals surface area contributed by atoms with Crippen molar-refractivity contribution >= 4 is 5.97 Å². The van der Waals surface area contributed by atoms with E-state index in [4.69, 9.17) is 9.47 Å². The maximum Gasteiger partial charge on any atom is 0.310 e. The van der Waals surface area contributed by atoms with Crippen LogP contribution in [0.15, 0.2) is 24.3 Å². The molecule has 0 unspecified atom stereocenters. The van der Waals surface area contributed by atoms with Gasteiger partial charge in [0.1, 0.15) is 5.60 Å². The van der Waals surface area contributed by atoms with Crippen LogP contribution in [0.25, 0.3) is 0 Å². The maximum atomic E-state index is 12.1. The first kappa shape index (κ1) is 15.0. The molecule has 1 fully saturated rings. The summed E-state index contributed by atoms with van der Waals surface area (Å²) in [4.78, 5) is 12.1. The standard InChI is InChI=1S/C17H24O3/c1-13-6-4-5-7-14(13)12-16(18)20-17(2)10-8-15(19-3)9-11-17/h4-7,15H,8-12H2,1-3H3. The maximum absolute atomic E-state index is 12.1. The van der Waals surface area contributed by atoms with Crippen LogP contribution < -0.4 is 0 Å². The van der Waals surface area contributed by atoms with Crippen LogP contribution in [0, 0.1) is 6.92 Å². The molecule has 0 aliphatic heterocycles. The van der Waals surface area contributed by atoms with Crippen LogP contribution in [0.1, 0.15) is 43.7 Å². The first-order chi connectivity index (χ1) is 9.52. The molecule has 1 aromatic rings. The molecule has 3 heteroatoms. The number of hydrogen-bond acceptors (Lipinski definition) is 3. The number of benzene rings is 1. The molecule has 0 saturated heterocycles. The predicted octanol–water partition coefficient (Wildman–Crippen LogP) is 3.43. The van der Waals surface area contributed by atoms with Crippen molar-refractivity contribution in [3.05, 3.63) is 35.4 Å². The van der Waals surface area contributed by atoms with E-state index >= 15 is 0 Å². The van der Waals surface area contributed by atoms with Gasteiger partial charge >= 0.3 is 5.97 Å². The molecule has 0 aromatic heterocycles. The smallest absolute Gasteiger partial charge is 0.310 e. The van der Waals surface area contributed by atoms with Crippen molar-refractivity contribution in [3.63, 3.8) is 0 Å². The number of methoxy groups -OCH3 is 1. The van der Waals surface area contributed by atoms with Gasteiger partial charge in [0, 0.05) is 7.11 Å². The second kappa shape index (κ2) is 6.40. The van der Waals surface area contributed by atoms with E-state index in [1.54, 1.807) is 7.11 Å². The average molecular weight is 276 g/mol. The fraction of sp³-hybridized carbons (Fsp3) is 0.588. The molecule has 20 heavy (non-hydrogen) atoms. The molecule has 110 valence electrons. The Balaban J connectivity index is 1.90. The third-order valence-electron chi connectivity index (χ3n) is 4.28. The van der Waals surface area contributed by atoms with Gasteiger partial charge in [0.2, 0.25) is 0 Å². The summed E-state index contributed by atoms with van der Waals surface area (Å²) in [6, 6.07) is 7.95. The Kier molecular flexibility index (Phi) is 4.81. The zero-order valence-electron chi connectivity index (χ0n) is 12.6. The van der Waals surface area contributed by atoms with Crippen LogP contribution in [0.3, 0.4) is 0 Å². The molecule has 1 aromatic carbocycles. The lowest BCUT2D eigenvalue weighted by molar-refractivity contribution is -0.162. The first-order valence-electron chi connectivity index (χ1n) is 7.31. The highest BCUT2D eigenvalue weighted by Crippen LogP contribution is 2.32. The van der Waals surface area contributed by atoms with Gasteiger partial charge in [-0.05, 0) is 50.7 Å². The van der Waals surface area contributed by atoms with Crippen LogP contribution in [0.2, 0.25) is 0 Å². The van der Waals surface area contributed by atoms with Gasteiger partial charge in [0.05, 0.1) is 12.5 Å². The number of carbonyl (C=O) groups is 1. The largest absolute Gasteiger partial charge is 0.459 e. The molecule has 0 atom stereocenters. The third-order valence-corrected chi connectivity index (χ3v) is 4.28. The Bertz CT molecular complexity index is 459. The molecule has 0 N–H and O–H groups in total. The van der Waals surface area contributed by atoms with Gasteiger partial charge < -0.3 is 9.47 Å². The molecule has 0 bridgehead atoms. The summed E-state index contributed by atoms with van der Waals surface area (Å²) >= 11 is 0. The summed E-state index contributed by atoms with van der Waals surface area (Å²) < 4.78 is 11.1. The highest BCUT2D eigenvalue weighted by molar-refractivity contribution is 5.73. The van der Waals surface area contributed by atoms with Crippen LogP contribution in [-0.2, 0) is 20.7 Å². The summed E-state index contributed by atoms with van der Waals surface area (Å²) in [5.41, 5.74) is 1.86. The van der Waals surface area contributed by atoms with Crippen molar-refractivity contribution in [3.8, 4) is 0 Å². The summed E-state index contributed by atoms with van der Waals surface area (Å²) in [6.45, 7) is 4.06. The van der Waals surface area contributed by atoms with Crippen LogP contribution in [0.5, 0.6) is 0 Å². The Morgan fingerprint density at radius 1 is 1.30 bits per heavy atom. The van der Waals surface area contributed by atoms with Gasteiger partial charge in [-0.1, -0.05) is 24.3 Å². The van der Waals surface area contributed by atoms with E-state index in [0.29, 0.717) is 12.5 Å². The molecule has 0 heterocycles. The lowest BCUT2D eigenvalue weighted by Gasteiger charge is -2.36. The van der Waals surface area contributed by atoms with E-state index in [9.17, 15) is 4.79 Å². The lowest BCUT2D eigenvalue weighted by Crippen LogP contribution is -2.38. The van der Waals surface area contributed by atoms with E-state index in [2.05, 4.69) is 0 Å². The summed E-state index contributed by atoms with van der Waals surface area (Å²) in [5.74, 6) is -0.127. The van der Waals surface area contributed by atoms with Crippen molar-refractivity contribution in [2.24, 2.45) is 0 Å². The molecule has 0 amide bonds. The van der Waals surface area contributed by atoms with Crippen LogP contribution in [-0.4, -0.2) is 24.8 Å². The van der Waals surface area contributed by atoms with Gasteiger partial charge in [-0.15, -0.1) is 0 Å². The minimum atomic E-state index is -0.325. The number of carbonyl (C=O) groups excluding carboxylic acids is 1. The Morgan fingerprint density at radius 3 is 2.55 bits per heavy atom. The average Bonchev–Trinajstić information content (AvgIpc) is 2.42. The highest BCUT2D eigenvalue weighted by atomic mass is 16.6. The molecule has 0 radical (unpaired) electrons. The monoisotopic (exact) mass is 276 g/mol. The van der Waals surface area contributed by atoms with Gasteiger partial charge in [0.25, 0.3) is 0 Å². The predicted molar refractivity (Wildman–Crippen MR) is 78.6 cm³/mol.